The van der Waals surface area contributed by atoms with E-state index in [2.05, 4.69) is 15.3 Å². The number of carbonyl (C=O) groups excluding carboxylic acids is 1. The molecule has 1 amide bonds. The molecule has 0 unspecified atom stereocenters. The van der Waals surface area contributed by atoms with Crippen molar-refractivity contribution in [3.8, 4) is 0 Å². The zero-order valence-electron chi connectivity index (χ0n) is 9.69. The molecule has 0 saturated heterocycles. The van der Waals surface area contributed by atoms with Crippen LogP contribution in [0.1, 0.15) is 18.5 Å². The highest BCUT2D eigenvalue weighted by Gasteiger charge is 2.23. The van der Waals surface area contributed by atoms with Gasteiger partial charge in [0.25, 0.3) is 0 Å². The zero-order chi connectivity index (χ0) is 12.5. The highest BCUT2D eigenvalue weighted by Crippen LogP contribution is 2.20. The number of nitrogens with zero attached hydrogens (tertiary/aromatic N) is 2. The van der Waals surface area contributed by atoms with E-state index in [4.69, 9.17) is 11.6 Å². The molecule has 0 aliphatic heterocycles. The number of rotatable bonds is 3. The van der Waals surface area contributed by atoms with E-state index in [1.54, 1.807) is 0 Å². The molecule has 92 valence electrons. The average Bonchev–Trinajstić information content (AvgIpc) is 3.14. The Morgan fingerprint density at radius 3 is 2.61 bits per heavy atom. The van der Waals surface area contributed by atoms with Gasteiger partial charge in [0.2, 0.25) is 5.91 Å². The van der Waals surface area contributed by atoms with Crippen LogP contribution in [0.3, 0.4) is 0 Å². The van der Waals surface area contributed by atoms with E-state index < -0.39 is 0 Å². The van der Waals surface area contributed by atoms with Crippen LogP contribution in [-0.4, -0.2) is 21.9 Å². The molecule has 0 spiro atoms. The molecule has 1 fully saturated rings. The van der Waals surface area contributed by atoms with Gasteiger partial charge < -0.3 is 5.32 Å². The van der Waals surface area contributed by atoms with Crippen molar-refractivity contribution in [2.45, 2.75) is 25.3 Å². The summed E-state index contributed by atoms with van der Waals surface area (Å²) in [7, 11) is 0. The first-order valence-corrected chi connectivity index (χ1v) is 6.31. The summed E-state index contributed by atoms with van der Waals surface area (Å²) in [6.07, 6.45) is 2.33. The third-order valence-electron chi connectivity index (χ3n) is 2.86. The second kappa shape index (κ2) is 4.53. The quantitative estimate of drug-likeness (QED) is 0.921. The van der Waals surface area contributed by atoms with Crippen molar-refractivity contribution in [3.05, 3.63) is 35.1 Å². The van der Waals surface area contributed by atoms with Crippen LogP contribution in [0, 0.1) is 0 Å². The summed E-state index contributed by atoms with van der Waals surface area (Å²) in [5, 5.41) is 3.22. The van der Waals surface area contributed by atoms with Gasteiger partial charge in [-0.05, 0) is 25.0 Å². The van der Waals surface area contributed by atoms with Crippen molar-refractivity contribution in [1.82, 2.24) is 15.3 Å². The number of benzene rings is 1. The molecule has 1 saturated carbocycles. The van der Waals surface area contributed by atoms with E-state index >= 15 is 0 Å². The smallest absolute Gasteiger partial charge is 0.226 e. The van der Waals surface area contributed by atoms with Crippen LogP contribution < -0.4 is 5.32 Å². The second-order valence-electron chi connectivity index (χ2n) is 4.47. The van der Waals surface area contributed by atoms with Gasteiger partial charge in [-0.2, -0.15) is 0 Å². The second-order valence-corrected chi connectivity index (χ2v) is 4.83. The molecule has 1 aromatic carbocycles. The Morgan fingerprint density at radius 2 is 1.94 bits per heavy atom. The lowest BCUT2D eigenvalue weighted by Gasteiger charge is -2.05. The molecule has 1 aliphatic carbocycles. The fourth-order valence-corrected chi connectivity index (χ4v) is 1.99. The average molecular weight is 262 g/mol. The standard InChI is InChI=1S/C13H12ClN3O/c14-13-11(7-12(18)15-8-5-6-8)16-9-3-1-2-4-10(9)17-13/h1-4,8H,5-7H2,(H,15,18). The highest BCUT2D eigenvalue weighted by molar-refractivity contribution is 6.30. The predicted octanol–water partition coefficient (Wildman–Crippen LogP) is 2.10. The summed E-state index contributed by atoms with van der Waals surface area (Å²) < 4.78 is 0. The Kier molecular flexibility index (Phi) is 2.88. The Hall–Kier alpha value is -1.68. The van der Waals surface area contributed by atoms with Gasteiger partial charge in [0, 0.05) is 6.04 Å². The topological polar surface area (TPSA) is 54.9 Å². The molecular formula is C13H12ClN3O. The van der Waals surface area contributed by atoms with Crippen LogP contribution in [0.2, 0.25) is 5.15 Å². The van der Waals surface area contributed by atoms with Crippen LogP contribution in [-0.2, 0) is 11.2 Å². The number of nitrogens with one attached hydrogen (secondary N) is 1. The molecule has 18 heavy (non-hydrogen) atoms. The maximum Gasteiger partial charge on any atom is 0.226 e. The number of para-hydroxylation sites is 2. The maximum atomic E-state index is 11.7. The summed E-state index contributed by atoms with van der Waals surface area (Å²) in [6, 6.07) is 7.83. The number of fused-ring (bicyclic) bond motifs is 1. The Morgan fingerprint density at radius 1 is 1.28 bits per heavy atom. The minimum absolute atomic E-state index is 0.0380. The summed E-state index contributed by atoms with van der Waals surface area (Å²) in [5.74, 6) is -0.0380. The van der Waals surface area contributed by atoms with Gasteiger partial charge >= 0.3 is 0 Å². The van der Waals surface area contributed by atoms with Gasteiger partial charge in [-0.1, -0.05) is 23.7 Å². The molecule has 0 radical (unpaired) electrons. The normalized spacial score (nSPS) is 14.7. The molecule has 1 aromatic heterocycles. The lowest BCUT2D eigenvalue weighted by Crippen LogP contribution is -2.27. The number of carbonyl (C=O) groups is 1. The van der Waals surface area contributed by atoms with E-state index in [0.717, 1.165) is 23.9 Å². The number of hydrogen-bond donors (Lipinski definition) is 1. The Balaban J connectivity index is 1.85. The van der Waals surface area contributed by atoms with E-state index in [0.29, 0.717) is 16.9 Å². The van der Waals surface area contributed by atoms with E-state index in [9.17, 15) is 4.79 Å². The molecule has 1 aliphatic rings. The number of halogens is 1. The molecule has 1 heterocycles. The molecule has 0 bridgehead atoms. The third kappa shape index (κ3) is 2.43. The van der Waals surface area contributed by atoms with Gasteiger partial charge in [-0.3, -0.25) is 4.79 Å². The highest BCUT2D eigenvalue weighted by atomic mass is 35.5. The summed E-state index contributed by atoms with van der Waals surface area (Å²) in [5.41, 5.74) is 2.04. The number of aromatic nitrogens is 2. The van der Waals surface area contributed by atoms with E-state index in [1.807, 2.05) is 24.3 Å². The Bertz CT molecular complexity index is 610. The van der Waals surface area contributed by atoms with Crippen molar-refractivity contribution in [1.29, 1.82) is 0 Å². The van der Waals surface area contributed by atoms with Crippen LogP contribution in [0.15, 0.2) is 24.3 Å². The lowest BCUT2D eigenvalue weighted by atomic mass is 10.2. The number of hydrogen-bond acceptors (Lipinski definition) is 3. The lowest BCUT2D eigenvalue weighted by molar-refractivity contribution is -0.120. The first kappa shape index (κ1) is 11.4. The van der Waals surface area contributed by atoms with Crippen LogP contribution in [0.25, 0.3) is 11.0 Å². The molecule has 0 atom stereocenters. The molecule has 5 heteroatoms. The van der Waals surface area contributed by atoms with E-state index in [-0.39, 0.29) is 12.3 Å². The predicted molar refractivity (Wildman–Crippen MR) is 69.4 cm³/mol. The SMILES string of the molecule is O=C(Cc1nc2ccccc2nc1Cl)NC1CC1. The largest absolute Gasteiger partial charge is 0.353 e. The van der Waals surface area contributed by atoms with Crippen LogP contribution in [0.5, 0.6) is 0 Å². The molecule has 1 N–H and O–H groups in total. The summed E-state index contributed by atoms with van der Waals surface area (Å²) >= 11 is 6.05. The molecular weight excluding hydrogens is 250 g/mol. The van der Waals surface area contributed by atoms with Gasteiger partial charge in [-0.15, -0.1) is 0 Å². The maximum absolute atomic E-state index is 11.7. The first-order valence-electron chi connectivity index (χ1n) is 5.93. The van der Waals surface area contributed by atoms with Gasteiger partial charge in [0.15, 0.2) is 5.15 Å². The molecule has 3 rings (SSSR count). The van der Waals surface area contributed by atoms with Gasteiger partial charge in [0.05, 0.1) is 23.1 Å². The summed E-state index contributed by atoms with van der Waals surface area (Å²) in [4.78, 5) is 20.3. The van der Waals surface area contributed by atoms with Crippen molar-refractivity contribution in [2.75, 3.05) is 0 Å². The minimum atomic E-state index is -0.0380. The van der Waals surface area contributed by atoms with Gasteiger partial charge in [0.1, 0.15) is 0 Å². The Labute approximate surface area is 109 Å². The van der Waals surface area contributed by atoms with Crippen molar-refractivity contribution >= 4 is 28.5 Å². The van der Waals surface area contributed by atoms with Gasteiger partial charge in [-0.25, -0.2) is 9.97 Å². The van der Waals surface area contributed by atoms with Crippen LogP contribution in [0.4, 0.5) is 0 Å². The van der Waals surface area contributed by atoms with Crippen molar-refractivity contribution < 1.29 is 4.79 Å². The summed E-state index contributed by atoms with van der Waals surface area (Å²) in [6.45, 7) is 0. The minimum Gasteiger partial charge on any atom is -0.353 e. The van der Waals surface area contributed by atoms with E-state index in [1.165, 1.54) is 0 Å². The molecule has 2 aromatic rings. The first-order chi connectivity index (χ1) is 8.72. The zero-order valence-corrected chi connectivity index (χ0v) is 10.4. The van der Waals surface area contributed by atoms with Crippen molar-refractivity contribution in [3.63, 3.8) is 0 Å². The number of amides is 1. The molecule has 4 nitrogen and oxygen atoms in total. The van der Waals surface area contributed by atoms with Crippen molar-refractivity contribution in [2.24, 2.45) is 0 Å². The monoisotopic (exact) mass is 261 g/mol. The third-order valence-corrected chi connectivity index (χ3v) is 3.17. The van der Waals surface area contributed by atoms with Crippen LogP contribution >= 0.6 is 11.6 Å². The fourth-order valence-electron chi connectivity index (χ4n) is 1.79. The fraction of sp³-hybridized carbons (Fsp3) is 0.308.